The average Bonchev–Trinajstić information content (AvgIpc) is 3.48. The first-order valence-electron chi connectivity index (χ1n) is 13.4. The highest BCUT2D eigenvalue weighted by Gasteiger charge is 2.25. The van der Waals surface area contributed by atoms with Crippen LogP contribution in [0.2, 0.25) is 10.0 Å². The normalized spacial score (nSPS) is 13.8. The van der Waals surface area contributed by atoms with Gasteiger partial charge in [0.05, 0.1) is 50.5 Å². The topological polar surface area (TPSA) is 125 Å². The lowest BCUT2D eigenvalue weighted by atomic mass is 10.0. The van der Waals surface area contributed by atoms with Gasteiger partial charge in [0.1, 0.15) is 11.9 Å². The van der Waals surface area contributed by atoms with Crippen LogP contribution in [0.3, 0.4) is 0 Å². The predicted octanol–water partition coefficient (Wildman–Crippen LogP) is 6.42. The molecule has 14 heteroatoms. The Morgan fingerprint density at radius 1 is 1.09 bits per heavy atom. The van der Waals surface area contributed by atoms with Crippen LogP contribution >= 0.6 is 23.2 Å². The number of hydrogen-bond acceptors (Lipinski definition) is 9. The third kappa shape index (κ3) is 6.46. The van der Waals surface area contributed by atoms with Crippen molar-refractivity contribution in [1.29, 1.82) is 5.26 Å². The van der Waals surface area contributed by atoms with Crippen LogP contribution in [0, 0.1) is 17.1 Å². The van der Waals surface area contributed by atoms with Gasteiger partial charge >= 0.3 is 0 Å². The maximum atomic E-state index is 13.8. The number of nitriles is 1. The smallest absolute Gasteiger partial charge is 0.231 e. The van der Waals surface area contributed by atoms with Gasteiger partial charge in [-0.3, -0.25) is 14.3 Å². The second-order valence-corrected chi connectivity index (χ2v) is 13.3. The van der Waals surface area contributed by atoms with E-state index in [0.717, 1.165) is 17.5 Å². The van der Waals surface area contributed by atoms with Crippen LogP contribution in [0.25, 0.3) is 10.9 Å². The fourth-order valence-electron chi connectivity index (χ4n) is 4.65. The van der Waals surface area contributed by atoms with E-state index in [0.29, 0.717) is 38.7 Å². The molecular weight excluding hydrogens is 626 g/mol. The van der Waals surface area contributed by atoms with Crippen molar-refractivity contribution in [3.05, 3.63) is 99.7 Å². The van der Waals surface area contributed by atoms with Crippen molar-refractivity contribution in [1.82, 2.24) is 21.0 Å². The SMILES string of the molecule is CC(C)N1C=C([C@@H](Nc2cc(Cl)c3ncc(C#N)c(Nc4ccc(F)c(Cl)c4)c3c2)c2cccc(N(C)S(C)(=O)=O)c2)NN1. The van der Waals surface area contributed by atoms with Crippen LogP contribution in [-0.4, -0.2) is 37.8 Å². The zero-order valence-corrected chi connectivity index (χ0v) is 26.5. The fourth-order valence-corrected chi connectivity index (χ4v) is 5.59. The molecule has 0 bridgehead atoms. The quantitative estimate of drug-likeness (QED) is 0.162. The molecular formula is C30H29Cl2FN8O2S. The number of hydrazine groups is 2. The maximum Gasteiger partial charge on any atom is 0.231 e. The van der Waals surface area contributed by atoms with E-state index in [9.17, 15) is 18.1 Å². The van der Waals surface area contributed by atoms with E-state index in [1.165, 1.54) is 35.7 Å². The Balaban J connectivity index is 1.62. The molecule has 0 unspecified atom stereocenters. The molecule has 10 nitrogen and oxygen atoms in total. The lowest BCUT2D eigenvalue weighted by molar-refractivity contribution is 0.221. The van der Waals surface area contributed by atoms with Crippen LogP contribution in [0.5, 0.6) is 0 Å². The van der Waals surface area contributed by atoms with Crippen molar-refractivity contribution in [3.8, 4) is 6.07 Å². The predicted molar refractivity (Wildman–Crippen MR) is 174 cm³/mol. The van der Waals surface area contributed by atoms with Gasteiger partial charge in [0.15, 0.2) is 0 Å². The Hall–Kier alpha value is -4.28. The van der Waals surface area contributed by atoms with E-state index in [1.807, 2.05) is 37.2 Å². The summed E-state index contributed by atoms with van der Waals surface area (Å²) in [5, 5.41) is 19.3. The molecule has 5 rings (SSSR count). The summed E-state index contributed by atoms with van der Waals surface area (Å²) in [5.41, 5.74) is 10.5. The van der Waals surface area contributed by atoms with Crippen molar-refractivity contribution >= 4 is 66.9 Å². The van der Waals surface area contributed by atoms with Crippen molar-refractivity contribution in [2.75, 3.05) is 28.2 Å². The van der Waals surface area contributed by atoms with Gasteiger partial charge in [-0.1, -0.05) is 35.3 Å². The number of benzene rings is 3. The highest BCUT2D eigenvalue weighted by Crippen LogP contribution is 2.38. The second-order valence-electron chi connectivity index (χ2n) is 10.5. The van der Waals surface area contributed by atoms with Crippen molar-refractivity contribution in [3.63, 3.8) is 0 Å². The molecule has 0 spiro atoms. The van der Waals surface area contributed by atoms with Crippen LogP contribution in [0.4, 0.5) is 27.1 Å². The molecule has 2 heterocycles. The number of nitrogens with zero attached hydrogens (tertiary/aromatic N) is 4. The second kappa shape index (κ2) is 12.4. The molecule has 228 valence electrons. The molecule has 4 aromatic rings. The first-order valence-corrected chi connectivity index (χ1v) is 16.0. The van der Waals surface area contributed by atoms with Gasteiger partial charge in [0.25, 0.3) is 0 Å². The molecule has 0 saturated carbocycles. The summed E-state index contributed by atoms with van der Waals surface area (Å²) in [6, 6.07) is 16.7. The highest BCUT2D eigenvalue weighted by molar-refractivity contribution is 7.92. The number of nitrogens with one attached hydrogen (secondary N) is 4. The monoisotopic (exact) mass is 654 g/mol. The molecule has 0 fully saturated rings. The van der Waals surface area contributed by atoms with Gasteiger partial charge in [0, 0.05) is 42.2 Å². The Kier molecular flexibility index (Phi) is 8.76. The molecule has 1 aliphatic rings. The van der Waals surface area contributed by atoms with Gasteiger partial charge in [-0.2, -0.15) is 5.26 Å². The molecule has 3 aromatic carbocycles. The number of fused-ring (bicyclic) bond motifs is 1. The molecule has 1 atom stereocenters. The molecule has 0 aliphatic carbocycles. The van der Waals surface area contributed by atoms with Crippen LogP contribution in [0.15, 0.2) is 72.7 Å². The minimum absolute atomic E-state index is 0.0692. The summed E-state index contributed by atoms with van der Waals surface area (Å²) in [6.45, 7) is 4.06. The van der Waals surface area contributed by atoms with Crippen LogP contribution in [-0.2, 0) is 10.0 Å². The Morgan fingerprint density at radius 3 is 2.50 bits per heavy atom. The molecule has 1 aliphatic heterocycles. The van der Waals surface area contributed by atoms with Gasteiger partial charge < -0.3 is 16.1 Å². The highest BCUT2D eigenvalue weighted by atomic mass is 35.5. The molecule has 1 aromatic heterocycles. The molecule has 0 amide bonds. The van der Waals surface area contributed by atoms with Crippen molar-refractivity contribution < 1.29 is 12.8 Å². The number of aromatic nitrogens is 1. The molecule has 0 saturated heterocycles. The number of hydrogen-bond donors (Lipinski definition) is 4. The number of pyridine rings is 1. The van der Waals surface area contributed by atoms with Crippen LogP contribution < -0.4 is 25.9 Å². The van der Waals surface area contributed by atoms with E-state index in [2.05, 4.69) is 32.6 Å². The first-order chi connectivity index (χ1) is 20.8. The third-order valence-electron chi connectivity index (χ3n) is 7.08. The number of halogens is 3. The number of rotatable bonds is 9. The lowest BCUT2D eigenvalue weighted by Crippen LogP contribution is -2.41. The minimum Gasteiger partial charge on any atom is -0.373 e. The summed E-state index contributed by atoms with van der Waals surface area (Å²) in [4.78, 5) is 4.41. The average molecular weight is 656 g/mol. The first kappa shape index (κ1) is 31.2. The lowest BCUT2D eigenvalue weighted by Gasteiger charge is -2.24. The van der Waals surface area contributed by atoms with Crippen molar-refractivity contribution in [2.24, 2.45) is 0 Å². The summed E-state index contributed by atoms with van der Waals surface area (Å²) in [6.07, 6.45) is 4.49. The van der Waals surface area contributed by atoms with E-state index in [4.69, 9.17) is 23.2 Å². The van der Waals surface area contributed by atoms with Gasteiger partial charge in [0.2, 0.25) is 10.0 Å². The number of sulfonamides is 1. The minimum atomic E-state index is -3.49. The maximum absolute atomic E-state index is 13.8. The summed E-state index contributed by atoms with van der Waals surface area (Å²) in [7, 11) is -2.00. The van der Waals surface area contributed by atoms with E-state index < -0.39 is 21.9 Å². The Morgan fingerprint density at radius 2 is 1.84 bits per heavy atom. The summed E-state index contributed by atoms with van der Waals surface area (Å²) >= 11 is 12.7. The Labute approximate surface area is 265 Å². The Bertz CT molecular complexity index is 1930. The fraction of sp³-hybridized carbons (Fsp3) is 0.200. The summed E-state index contributed by atoms with van der Waals surface area (Å²) in [5.74, 6) is -0.565. The largest absolute Gasteiger partial charge is 0.373 e. The van der Waals surface area contributed by atoms with Gasteiger partial charge in [-0.15, -0.1) is 5.53 Å². The van der Waals surface area contributed by atoms with E-state index in [-0.39, 0.29) is 16.6 Å². The van der Waals surface area contributed by atoms with Gasteiger partial charge in [-0.05, 0) is 61.9 Å². The standard InChI is InChI=1S/C30H29Cl2FN8O2S/c1-17(2)41-16-27(38-39-41)29(18-6-5-7-22(10-18)40(3)44(4,42)43)37-21-11-23-28(36-20-8-9-26(33)24(31)12-20)19(14-34)15-35-30(23)25(32)13-21/h5-13,15-17,29,37-39H,1-4H3,(H,35,36)/t29-/m0/s1. The third-order valence-corrected chi connectivity index (χ3v) is 8.87. The molecule has 0 radical (unpaired) electrons. The van der Waals surface area contributed by atoms with E-state index >= 15 is 0 Å². The molecule has 44 heavy (non-hydrogen) atoms. The van der Waals surface area contributed by atoms with Crippen molar-refractivity contribution in [2.45, 2.75) is 25.9 Å². The molecule has 4 N–H and O–H groups in total. The zero-order valence-electron chi connectivity index (χ0n) is 24.2. The van der Waals surface area contributed by atoms with E-state index in [1.54, 1.807) is 24.3 Å². The number of anilines is 4. The van der Waals surface area contributed by atoms with Gasteiger partial charge in [-0.25, -0.2) is 12.8 Å². The summed E-state index contributed by atoms with van der Waals surface area (Å²) < 4.78 is 39.6. The van der Waals surface area contributed by atoms with Crippen LogP contribution in [0.1, 0.15) is 31.0 Å². The zero-order chi connectivity index (χ0) is 31.8.